The van der Waals surface area contributed by atoms with E-state index in [2.05, 4.69) is 11.9 Å². The topological polar surface area (TPSA) is 52.0 Å². The highest BCUT2D eigenvalue weighted by molar-refractivity contribution is 7.18. The number of Topliss-reactive ketones (excluding diaryl/α,β-unsaturated/α-hetero) is 1. The number of thiophene rings is 1. The second-order valence-electron chi connectivity index (χ2n) is 6.59. The molecular formula is C20H20N2O2S. The Morgan fingerprint density at radius 3 is 2.80 bits per heavy atom. The summed E-state index contributed by atoms with van der Waals surface area (Å²) in [5, 5.41) is 0.728. The monoisotopic (exact) mass is 352 g/mol. The lowest BCUT2D eigenvalue weighted by molar-refractivity contribution is 0.0970. The van der Waals surface area contributed by atoms with Gasteiger partial charge in [-0.15, -0.1) is 11.3 Å². The molecule has 1 aliphatic carbocycles. The molecule has 2 aromatic heterocycles. The SMILES string of the molecule is CCCc1ccc(C(=O)Cn2cnc3sc4c(c3c2=O)CCC4)cc1. The van der Waals surface area contributed by atoms with Gasteiger partial charge in [0.1, 0.15) is 4.83 Å². The minimum absolute atomic E-state index is 0.0412. The number of carbonyl (C=O) groups is 1. The predicted octanol–water partition coefficient (Wildman–Crippen LogP) is 3.78. The van der Waals surface area contributed by atoms with E-state index < -0.39 is 0 Å². The molecule has 0 N–H and O–H groups in total. The molecule has 4 nitrogen and oxygen atoms in total. The van der Waals surface area contributed by atoms with Crippen LogP contribution < -0.4 is 5.56 Å². The van der Waals surface area contributed by atoms with Gasteiger partial charge in [-0.1, -0.05) is 37.6 Å². The van der Waals surface area contributed by atoms with E-state index in [1.54, 1.807) is 11.3 Å². The smallest absolute Gasteiger partial charge is 0.262 e. The third-order valence-electron chi connectivity index (χ3n) is 4.82. The lowest BCUT2D eigenvalue weighted by atomic mass is 10.1. The van der Waals surface area contributed by atoms with Gasteiger partial charge in [0.05, 0.1) is 18.3 Å². The Kier molecular flexibility index (Phi) is 4.25. The first-order valence-electron chi connectivity index (χ1n) is 8.79. The van der Waals surface area contributed by atoms with E-state index in [1.807, 2.05) is 24.3 Å². The van der Waals surface area contributed by atoms with Crippen molar-refractivity contribution < 1.29 is 4.79 Å². The highest BCUT2D eigenvalue weighted by Gasteiger charge is 2.21. The highest BCUT2D eigenvalue weighted by Crippen LogP contribution is 2.34. The van der Waals surface area contributed by atoms with Crippen LogP contribution in [0.1, 0.15) is 46.1 Å². The molecule has 0 bridgehead atoms. The number of rotatable bonds is 5. The minimum atomic E-state index is -0.0830. The summed E-state index contributed by atoms with van der Waals surface area (Å²) in [6.07, 6.45) is 6.70. The molecule has 0 aliphatic heterocycles. The van der Waals surface area contributed by atoms with Crippen molar-refractivity contribution in [3.8, 4) is 0 Å². The van der Waals surface area contributed by atoms with Crippen molar-refractivity contribution in [1.82, 2.24) is 9.55 Å². The van der Waals surface area contributed by atoms with Crippen LogP contribution in [0, 0.1) is 0 Å². The Morgan fingerprint density at radius 2 is 2.04 bits per heavy atom. The molecule has 5 heteroatoms. The second-order valence-corrected chi connectivity index (χ2v) is 7.67. The second kappa shape index (κ2) is 6.56. The fourth-order valence-electron chi connectivity index (χ4n) is 3.52. The number of fused-ring (bicyclic) bond motifs is 3. The van der Waals surface area contributed by atoms with E-state index in [-0.39, 0.29) is 17.9 Å². The molecule has 3 aromatic rings. The molecule has 1 aromatic carbocycles. The number of hydrogen-bond donors (Lipinski definition) is 0. The maximum atomic E-state index is 12.8. The van der Waals surface area contributed by atoms with Crippen LogP contribution in [0.25, 0.3) is 10.2 Å². The van der Waals surface area contributed by atoms with E-state index in [1.165, 1.54) is 21.3 Å². The fraction of sp³-hybridized carbons (Fsp3) is 0.350. The zero-order chi connectivity index (χ0) is 17.4. The number of aryl methyl sites for hydroxylation is 3. The Labute approximate surface area is 150 Å². The minimum Gasteiger partial charge on any atom is -0.292 e. The Hall–Kier alpha value is -2.27. The first-order valence-corrected chi connectivity index (χ1v) is 9.61. The summed E-state index contributed by atoms with van der Waals surface area (Å²) in [4.78, 5) is 31.9. The summed E-state index contributed by atoms with van der Waals surface area (Å²) >= 11 is 1.62. The van der Waals surface area contributed by atoms with E-state index in [0.717, 1.165) is 47.9 Å². The maximum Gasteiger partial charge on any atom is 0.262 e. The summed E-state index contributed by atoms with van der Waals surface area (Å²) in [7, 11) is 0. The number of nitrogens with zero attached hydrogens (tertiary/aromatic N) is 2. The van der Waals surface area contributed by atoms with E-state index in [9.17, 15) is 9.59 Å². The van der Waals surface area contributed by atoms with Crippen molar-refractivity contribution in [2.45, 2.75) is 45.6 Å². The van der Waals surface area contributed by atoms with Gasteiger partial charge in [0.2, 0.25) is 0 Å². The van der Waals surface area contributed by atoms with Gasteiger partial charge in [-0.2, -0.15) is 0 Å². The molecule has 0 unspecified atom stereocenters. The molecule has 0 fully saturated rings. The zero-order valence-corrected chi connectivity index (χ0v) is 15.1. The van der Waals surface area contributed by atoms with E-state index in [0.29, 0.717) is 5.56 Å². The molecule has 0 atom stereocenters. The van der Waals surface area contributed by atoms with E-state index in [4.69, 9.17) is 0 Å². The molecule has 4 rings (SSSR count). The molecule has 0 amide bonds. The van der Waals surface area contributed by atoms with Crippen LogP contribution in [0.15, 0.2) is 35.4 Å². The zero-order valence-electron chi connectivity index (χ0n) is 14.2. The standard InChI is InChI=1S/C20H20N2O2S/c1-2-4-13-7-9-14(10-8-13)16(23)11-22-12-21-19-18(20(22)24)15-5-3-6-17(15)25-19/h7-10,12H,2-6,11H2,1H3. The average Bonchev–Trinajstić information content (AvgIpc) is 3.19. The molecule has 0 saturated carbocycles. The van der Waals surface area contributed by atoms with Gasteiger partial charge in [-0.25, -0.2) is 4.98 Å². The third kappa shape index (κ3) is 2.93. The van der Waals surface area contributed by atoms with Crippen molar-refractivity contribution in [1.29, 1.82) is 0 Å². The summed E-state index contributed by atoms with van der Waals surface area (Å²) in [6, 6.07) is 7.69. The Morgan fingerprint density at radius 1 is 1.24 bits per heavy atom. The lowest BCUT2D eigenvalue weighted by Gasteiger charge is -2.06. The molecule has 0 spiro atoms. The number of benzene rings is 1. The van der Waals surface area contributed by atoms with Crippen LogP contribution in [-0.4, -0.2) is 15.3 Å². The summed E-state index contributed by atoms with van der Waals surface area (Å²) < 4.78 is 1.45. The lowest BCUT2D eigenvalue weighted by Crippen LogP contribution is -2.24. The van der Waals surface area contributed by atoms with Gasteiger partial charge in [0, 0.05) is 10.4 Å². The van der Waals surface area contributed by atoms with Crippen LogP contribution in [0.3, 0.4) is 0 Å². The van der Waals surface area contributed by atoms with Crippen molar-refractivity contribution in [3.63, 3.8) is 0 Å². The summed E-state index contributed by atoms with van der Waals surface area (Å²) in [6.45, 7) is 2.18. The Bertz CT molecular complexity index is 999. The summed E-state index contributed by atoms with van der Waals surface area (Å²) in [5.74, 6) is -0.0572. The van der Waals surface area contributed by atoms with Gasteiger partial charge >= 0.3 is 0 Å². The molecule has 2 heterocycles. The molecule has 128 valence electrons. The normalized spacial score (nSPS) is 13.3. The van der Waals surface area contributed by atoms with Crippen molar-refractivity contribution >= 4 is 27.3 Å². The van der Waals surface area contributed by atoms with Crippen LogP contribution in [0.2, 0.25) is 0 Å². The van der Waals surface area contributed by atoms with Gasteiger partial charge in [0.15, 0.2) is 5.78 Å². The van der Waals surface area contributed by atoms with Gasteiger partial charge < -0.3 is 0 Å². The quantitative estimate of drug-likeness (QED) is 0.657. The summed E-state index contributed by atoms with van der Waals surface area (Å²) in [5.41, 5.74) is 2.94. The Balaban J connectivity index is 1.63. The number of aromatic nitrogens is 2. The predicted molar refractivity (Wildman–Crippen MR) is 101 cm³/mol. The fourth-order valence-corrected chi connectivity index (χ4v) is 4.74. The molecule has 0 saturated heterocycles. The van der Waals surface area contributed by atoms with Crippen LogP contribution in [0.5, 0.6) is 0 Å². The van der Waals surface area contributed by atoms with Crippen molar-refractivity contribution in [2.75, 3.05) is 0 Å². The average molecular weight is 352 g/mol. The van der Waals surface area contributed by atoms with Gasteiger partial charge in [-0.3, -0.25) is 14.2 Å². The van der Waals surface area contributed by atoms with Crippen molar-refractivity contribution in [3.05, 3.63) is 62.5 Å². The number of hydrogen-bond acceptors (Lipinski definition) is 4. The molecule has 25 heavy (non-hydrogen) atoms. The van der Waals surface area contributed by atoms with Gasteiger partial charge in [-0.05, 0) is 36.8 Å². The number of carbonyl (C=O) groups excluding carboxylic acids is 1. The van der Waals surface area contributed by atoms with Crippen LogP contribution in [-0.2, 0) is 25.8 Å². The van der Waals surface area contributed by atoms with Gasteiger partial charge in [0.25, 0.3) is 5.56 Å². The first-order chi connectivity index (χ1) is 12.2. The molecular weight excluding hydrogens is 332 g/mol. The maximum absolute atomic E-state index is 12.8. The largest absolute Gasteiger partial charge is 0.292 e. The van der Waals surface area contributed by atoms with Crippen LogP contribution in [0.4, 0.5) is 0 Å². The number of ketones is 1. The van der Waals surface area contributed by atoms with E-state index >= 15 is 0 Å². The highest BCUT2D eigenvalue weighted by atomic mass is 32.1. The van der Waals surface area contributed by atoms with Crippen molar-refractivity contribution in [2.24, 2.45) is 0 Å². The third-order valence-corrected chi connectivity index (χ3v) is 6.02. The molecule has 0 radical (unpaired) electrons. The first kappa shape index (κ1) is 16.2. The molecule has 1 aliphatic rings. The van der Waals surface area contributed by atoms with Crippen LogP contribution >= 0.6 is 11.3 Å².